The second-order valence-electron chi connectivity index (χ2n) is 4.74. The normalized spacial score (nSPS) is 11.1. The standard InChI is InChI=1S/C13H22N2O2/c1-13(2,14)7-8-15-10-5-6-11(16-3)12(9-10)17-4/h5-6,9,15H,7-8,14H2,1-4H3. The van der Waals surface area contributed by atoms with E-state index in [9.17, 15) is 0 Å². The Balaban J connectivity index is 2.60. The van der Waals surface area contributed by atoms with Crippen LogP contribution in [-0.2, 0) is 0 Å². The number of benzene rings is 1. The first-order valence-electron chi connectivity index (χ1n) is 5.71. The molecule has 0 aliphatic heterocycles. The third-order valence-corrected chi connectivity index (χ3v) is 2.48. The van der Waals surface area contributed by atoms with Gasteiger partial charge in [0, 0.05) is 23.8 Å². The number of ether oxygens (including phenoxy) is 2. The van der Waals surface area contributed by atoms with Crippen molar-refractivity contribution >= 4 is 5.69 Å². The lowest BCUT2D eigenvalue weighted by atomic mass is 10.0. The summed E-state index contributed by atoms with van der Waals surface area (Å²) in [6, 6.07) is 5.77. The Hall–Kier alpha value is -1.42. The molecule has 0 amide bonds. The topological polar surface area (TPSA) is 56.5 Å². The SMILES string of the molecule is COc1ccc(NCCC(C)(C)N)cc1OC. The van der Waals surface area contributed by atoms with Gasteiger partial charge in [0.15, 0.2) is 11.5 Å². The number of anilines is 1. The van der Waals surface area contributed by atoms with Crippen LogP contribution in [0.3, 0.4) is 0 Å². The summed E-state index contributed by atoms with van der Waals surface area (Å²) in [7, 11) is 3.26. The molecule has 0 heterocycles. The van der Waals surface area contributed by atoms with E-state index in [2.05, 4.69) is 5.32 Å². The minimum atomic E-state index is -0.149. The zero-order valence-electron chi connectivity index (χ0n) is 11.0. The van der Waals surface area contributed by atoms with Crippen molar-refractivity contribution in [2.75, 3.05) is 26.1 Å². The van der Waals surface area contributed by atoms with Crippen LogP contribution in [0.4, 0.5) is 5.69 Å². The molecule has 0 aliphatic carbocycles. The number of nitrogens with one attached hydrogen (secondary N) is 1. The van der Waals surface area contributed by atoms with Gasteiger partial charge in [0.05, 0.1) is 14.2 Å². The zero-order valence-corrected chi connectivity index (χ0v) is 11.0. The van der Waals surface area contributed by atoms with Crippen molar-refractivity contribution in [2.45, 2.75) is 25.8 Å². The molecule has 0 aromatic heterocycles. The molecule has 1 aromatic rings. The number of nitrogens with two attached hydrogens (primary N) is 1. The molecule has 0 unspecified atom stereocenters. The van der Waals surface area contributed by atoms with E-state index in [0.29, 0.717) is 0 Å². The van der Waals surface area contributed by atoms with Crippen molar-refractivity contribution in [1.29, 1.82) is 0 Å². The predicted molar refractivity (Wildman–Crippen MR) is 70.9 cm³/mol. The third kappa shape index (κ3) is 4.53. The molecule has 0 radical (unpaired) electrons. The van der Waals surface area contributed by atoms with Crippen LogP contribution in [0, 0.1) is 0 Å². The van der Waals surface area contributed by atoms with Crippen molar-refractivity contribution in [1.82, 2.24) is 0 Å². The molecule has 1 aromatic carbocycles. The van der Waals surface area contributed by atoms with Crippen LogP contribution in [0.25, 0.3) is 0 Å². The molecule has 0 atom stereocenters. The molecular weight excluding hydrogens is 216 g/mol. The second-order valence-corrected chi connectivity index (χ2v) is 4.74. The van der Waals surface area contributed by atoms with Crippen LogP contribution in [0.1, 0.15) is 20.3 Å². The Morgan fingerprint density at radius 2 is 1.82 bits per heavy atom. The molecule has 0 saturated carbocycles. The highest BCUT2D eigenvalue weighted by atomic mass is 16.5. The molecule has 4 nitrogen and oxygen atoms in total. The van der Waals surface area contributed by atoms with Crippen LogP contribution < -0.4 is 20.5 Å². The van der Waals surface area contributed by atoms with E-state index in [-0.39, 0.29) is 5.54 Å². The predicted octanol–water partition coefficient (Wildman–Crippen LogP) is 2.24. The molecular formula is C13H22N2O2. The highest BCUT2D eigenvalue weighted by molar-refractivity contribution is 5.54. The summed E-state index contributed by atoms with van der Waals surface area (Å²) in [5.74, 6) is 1.46. The molecule has 0 aliphatic rings. The fourth-order valence-electron chi connectivity index (χ4n) is 1.48. The lowest BCUT2D eigenvalue weighted by Gasteiger charge is -2.19. The molecule has 1 rings (SSSR count). The summed E-state index contributed by atoms with van der Waals surface area (Å²) in [4.78, 5) is 0. The largest absolute Gasteiger partial charge is 0.493 e. The van der Waals surface area contributed by atoms with Crippen molar-refractivity contribution in [3.8, 4) is 11.5 Å². The van der Waals surface area contributed by atoms with Crippen molar-refractivity contribution in [3.05, 3.63) is 18.2 Å². The number of hydrogen-bond donors (Lipinski definition) is 2. The van der Waals surface area contributed by atoms with E-state index >= 15 is 0 Å². The Bertz CT molecular complexity index is 359. The monoisotopic (exact) mass is 238 g/mol. The highest BCUT2D eigenvalue weighted by Gasteiger charge is 2.10. The van der Waals surface area contributed by atoms with E-state index in [0.717, 1.165) is 30.2 Å². The van der Waals surface area contributed by atoms with E-state index < -0.39 is 0 Å². The van der Waals surface area contributed by atoms with Gasteiger partial charge in [-0.3, -0.25) is 0 Å². The molecule has 0 saturated heterocycles. The molecule has 3 N–H and O–H groups in total. The first kappa shape index (κ1) is 13.6. The number of hydrogen-bond acceptors (Lipinski definition) is 4. The maximum atomic E-state index is 5.92. The molecule has 17 heavy (non-hydrogen) atoms. The van der Waals surface area contributed by atoms with Gasteiger partial charge in [0.1, 0.15) is 0 Å². The van der Waals surface area contributed by atoms with Gasteiger partial charge in [-0.15, -0.1) is 0 Å². The van der Waals surface area contributed by atoms with Gasteiger partial charge in [-0.2, -0.15) is 0 Å². The maximum Gasteiger partial charge on any atom is 0.162 e. The molecule has 0 bridgehead atoms. The first-order chi connectivity index (χ1) is 7.96. The van der Waals surface area contributed by atoms with Gasteiger partial charge in [0.25, 0.3) is 0 Å². The summed E-state index contributed by atoms with van der Waals surface area (Å²) < 4.78 is 10.4. The lowest BCUT2D eigenvalue weighted by Crippen LogP contribution is -2.34. The minimum Gasteiger partial charge on any atom is -0.493 e. The summed E-state index contributed by atoms with van der Waals surface area (Å²) in [6.07, 6.45) is 0.904. The van der Waals surface area contributed by atoms with Crippen LogP contribution in [0.5, 0.6) is 11.5 Å². The van der Waals surface area contributed by atoms with Crippen molar-refractivity contribution in [3.63, 3.8) is 0 Å². The summed E-state index contributed by atoms with van der Waals surface area (Å²) in [5.41, 5.74) is 6.77. The minimum absolute atomic E-state index is 0.149. The maximum absolute atomic E-state index is 5.92. The van der Waals surface area contributed by atoms with Crippen molar-refractivity contribution < 1.29 is 9.47 Å². The van der Waals surface area contributed by atoms with E-state index in [4.69, 9.17) is 15.2 Å². The summed E-state index contributed by atoms with van der Waals surface area (Å²) in [6.45, 7) is 4.87. The van der Waals surface area contributed by atoms with Gasteiger partial charge in [-0.1, -0.05) is 0 Å². The van der Waals surface area contributed by atoms with Gasteiger partial charge < -0.3 is 20.5 Å². The molecule has 0 fully saturated rings. The van der Waals surface area contributed by atoms with Crippen LogP contribution in [0.2, 0.25) is 0 Å². The van der Waals surface area contributed by atoms with E-state index in [1.807, 2.05) is 32.0 Å². The average Bonchev–Trinajstić information content (AvgIpc) is 2.27. The highest BCUT2D eigenvalue weighted by Crippen LogP contribution is 2.29. The van der Waals surface area contributed by atoms with Gasteiger partial charge in [0.2, 0.25) is 0 Å². The average molecular weight is 238 g/mol. The first-order valence-corrected chi connectivity index (χ1v) is 5.71. The number of methoxy groups -OCH3 is 2. The summed E-state index contributed by atoms with van der Waals surface area (Å²) >= 11 is 0. The Labute approximate surface area is 103 Å². The number of rotatable bonds is 6. The fraction of sp³-hybridized carbons (Fsp3) is 0.538. The van der Waals surface area contributed by atoms with Gasteiger partial charge in [-0.05, 0) is 32.4 Å². The molecule has 96 valence electrons. The molecule has 0 spiro atoms. The third-order valence-electron chi connectivity index (χ3n) is 2.48. The lowest BCUT2D eigenvalue weighted by molar-refractivity contribution is 0.355. The second kappa shape index (κ2) is 5.77. The fourth-order valence-corrected chi connectivity index (χ4v) is 1.48. The Morgan fingerprint density at radius 3 is 2.35 bits per heavy atom. The quantitative estimate of drug-likeness (QED) is 0.798. The van der Waals surface area contributed by atoms with Crippen LogP contribution >= 0.6 is 0 Å². The van der Waals surface area contributed by atoms with Gasteiger partial charge >= 0.3 is 0 Å². The van der Waals surface area contributed by atoms with E-state index in [1.54, 1.807) is 14.2 Å². The van der Waals surface area contributed by atoms with Crippen molar-refractivity contribution in [2.24, 2.45) is 5.73 Å². The molecule has 4 heteroatoms. The zero-order chi connectivity index (χ0) is 12.9. The summed E-state index contributed by atoms with van der Waals surface area (Å²) in [5, 5.41) is 3.31. The van der Waals surface area contributed by atoms with Crippen LogP contribution in [0.15, 0.2) is 18.2 Å². The van der Waals surface area contributed by atoms with E-state index in [1.165, 1.54) is 0 Å². The Kier molecular flexibility index (Phi) is 4.63. The smallest absolute Gasteiger partial charge is 0.162 e. The van der Waals surface area contributed by atoms with Crippen LogP contribution in [-0.4, -0.2) is 26.3 Å². The van der Waals surface area contributed by atoms with Gasteiger partial charge in [-0.25, -0.2) is 0 Å². The Morgan fingerprint density at radius 1 is 1.18 bits per heavy atom.